The number of nitrogens with zero attached hydrogens (tertiary/aromatic N) is 1. The van der Waals surface area contributed by atoms with E-state index in [1.807, 2.05) is 9.97 Å². The van der Waals surface area contributed by atoms with Gasteiger partial charge < -0.3 is 0 Å². The molecular weight excluding hydrogens is 138 g/mol. The Bertz CT molecular complexity index is 321. The molecule has 0 unspecified atom stereocenters. The second-order valence-electron chi connectivity index (χ2n) is 1.56. The van der Waals surface area contributed by atoms with Crippen LogP contribution in [0.15, 0.2) is 20.8 Å². The average molecular weight is 141 g/mol. The van der Waals surface area contributed by atoms with Gasteiger partial charge in [0.05, 0.1) is 0 Å². The lowest BCUT2D eigenvalue weighted by atomic mass is 10.6. The molecule has 0 aliphatic rings. The van der Waals surface area contributed by atoms with E-state index in [0.29, 0.717) is 0 Å². The third kappa shape index (κ3) is 1.16. The number of nitroso groups, excluding NO2 is 1. The van der Waals surface area contributed by atoms with Gasteiger partial charge in [0.15, 0.2) is 5.82 Å². The minimum atomic E-state index is -0.734. The van der Waals surface area contributed by atoms with E-state index in [0.717, 1.165) is 6.07 Å². The van der Waals surface area contributed by atoms with Crippen LogP contribution in [0.25, 0.3) is 0 Å². The minimum absolute atomic E-state index is 0.270. The van der Waals surface area contributed by atoms with Crippen molar-refractivity contribution in [1.29, 1.82) is 0 Å². The molecule has 10 heavy (non-hydrogen) atoms. The fourth-order valence-corrected chi connectivity index (χ4v) is 0.505. The summed E-state index contributed by atoms with van der Waals surface area (Å²) in [5.74, 6) is -0.270. The topological polar surface area (TPSA) is 95.2 Å². The van der Waals surface area contributed by atoms with Crippen molar-refractivity contribution in [3.05, 3.63) is 31.8 Å². The summed E-state index contributed by atoms with van der Waals surface area (Å²) in [6, 6.07) is 0.897. The molecule has 0 saturated carbocycles. The van der Waals surface area contributed by atoms with E-state index in [1.165, 1.54) is 0 Å². The summed E-state index contributed by atoms with van der Waals surface area (Å²) < 4.78 is 0. The molecular formula is C4H3N3O3. The SMILES string of the molecule is O=Nc1cc(=O)[nH]c(=O)[nH]1. The monoisotopic (exact) mass is 141 g/mol. The number of nitrogens with one attached hydrogen (secondary N) is 2. The Morgan fingerprint density at radius 1 is 1.30 bits per heavy atom. The van der Waals surface area contributed by atoms with E-state index in [-0.39, 0.29) is 5.82 Å². The normalized spacial score (nSPS) is 9.20. The quantitative estimate of drug-likeness (QED) is 0.514. The maximum Gasteiger partial charge on any atom is 0.327 e. The molecule has 0 aliphatic carbocycles. The molecule has 0 atom stereocenters. The van der Waals surface area contributed by atoms with E-state index < -0.39 is 11.2 Å². The van der Waals surface area contributed by atoms with Gasteiger partial charge in [-0.1, -0.05) is 0 Å². The Hall–Kier alpha value is -1.72. The standard InChI is InChI=1S/C4H3N3O3/c8-3-1-2(7-10)5-4(9)6-3/h1H,(H2,5,6,8,9). The number of hydrogen-bond donors (Lipinski definition) is 2. The third-order valence-electron chi connectivity index (χ3n) is 0.844. The van der Waals surface area contributed by atoms with Gasteiger partial charge in [0, 0.05) is 6.07 Å². The summed E-state index contributed by atoms with van der Waals surface area (Å²) in [6.45, 7) is 0. The summed E-state index contributed by atoms with van der Waals surface area (Å²) >= 11 is 0. The first-order valence-corrected chi connectivity index (χ1v) is 2.39. The van der Waals surface area contributed by atoms with Crippen molar-refractivity contribution in [2.45, 2.75) is 0 Å². The molecule has 1 rings (SSSR count). The van der Waals surface area contributed by atoms with Crippen LogP contribution in [-0.2, 0) is 0 Å². The molecule has 1 aromatic heterocycles. The molecule has 0 radical (unpaired) electrons. The van der Waals surface area contributed by atoms with Gasteiger partial charge in [0.1, 0.15) is 0 Å². The van der Waals surface area contributed by atoms with E-state index in [1.54, 1.807) is 0 Å². The zero-order valence-corrected chi connectivity index (χ0v) is 4.75. The maximum atomic E-state index is 10.4. The van der Waals surface area contributed by atoms with E-state index in [2.05, 4.69) is 5.18 Å². The number of H-pyrrole nitrogens is 2. The van der Waals surface area contributed by atoms with Crippen molar-refractivity contribution in [2.24, 2.45) is 5.18 Å². The van der Waals surface area contributed by atoms with Crippen molar-refractivity contribution in [2.75, 3.05) is 0 Å². The number of aromatic amines is 2. The predicted octanol–water partition coefficient (Wildman–Crippen LogP) is -0.539. The summed E-state index contributed by atoms with van der Waals surface area (Å²) in [5.41, 5.74) is -1.37. The van der Waals surface area contributed by atoms with Crippen molar-refractivity contribution in [3.8, 4) is 0 Å². The fraction of sp³-hybridized carbons (Fsp3) is 0. The van der Waals surface area contributed by atoms with Crippen molar-refractivity contribution < 1.29 is 0 Å². The molecule has 0 fully saturated rings. The molecule has 0 saturated heterocycles. The maximum absolute atomic E-state index is 10.4. The summed E-state index contributed by atoms with van der Waals surface area (Å²) in [7, 11) is 0. The van der Waals surface area contributed by atoms with Gasteiger partial charge in [-0.25, -0.2) is 4.79 Å². The molecule has 0 amide bonds. The lowest BCUT2D eigenvalue weighted by molar-refractivity contribution is 1.03. The fourth-order valence-electron chi connectivity index (χ4n) is 0.505. The second-order valence-corrected chi connectivity index (χ2v) is 1.56. The smallest absolute Gasteiger partial charge is 0.289 e. The van der Waals surface area contributed by atoms with Crippen LogP contribution < -0.4 is 11.2 Å². The largest absolute Gasteiger partial charge is 0.327 e. The number of rotatable bonds is 1. The highest BCUT2D eigenvalue weighted by Gasteiger charge is 1.92. The second kappa shape index (κ2) is 2.26. The minimum Gasteiger partial charge on any atom is -0.289 e. The zero-order chi connectivity index (χ0) is 7.56. The van der Waals surface area contributed by atoms with Crippen LogP contribution in [0.3, 0.4) is 0 Å². The summed E-state index contributed by atoms with van der Waals surface area (Å²) in [4.78, 5) is 34.4. The molecule has 6 heteroatoms. The molecule has 0 aromatic carbocycles. The third-order valence-corrected chi connectivity index (χ3v) is 0.844. The molecule has 1 heterocycles. The molecule has 1 aromatic rings. The molecule has 0 aliphatic heterocycles. The van der Waals surface area contributed by atoms with Gasteiger partial charge in [-0.3, -0.25) is 14.8 Å². The van der Waals surface area contributed by atoms with Crippen LogP contribution in [0.2, 0.25) is 0 Å². The average Bonchev–Trinajstić information content (AvgIpc) is 1.85. The first-order chi connectivity index (χ1) is 4.72. The van der Waals surface area contributed by atoms with E-state index in [9.17, 15) is 14.5 Å². The van der Waals surface area contributed by atoms with Gasteiger partial charge in [-0.15, -0.1) is 4.91 Å². The van der Waals surface area contributed by atoms with Crippen LogP contribution in [0.5, 0.6) is 0 Å². The van der Waals surface area contributed by atoms with E-state index >= 15 is 0 Å². The Balaban J connectivity index is 3.46. The number of hydrogen-bond acceptors (Lipinski definition) is 4. The number of aromatic nitrogens is 2. The van der Waals surface area contributed by atoms with Gasteiger partial charge in [-0.05, 0) is 5.18 Å². The molecule has 0 spiro atoms. The lowest BCUT2D eigenvalue weighted by Gasteiger charge is -1.83. The zero-order valence-electron chi connectivity index (χ0n) is 4.75. The van der Waals surface area contributed by atoms with Gasteiger partial charge in [-0.2, -0.15) is 0 Å². The molecule has 2 N–H and O–H groups in total. The Morgan fingerprint density at radius 3 is 2.50 bits per heavy atom. The Kier molecular flexibility index (Phi) is 1.44. The van der Waals surface area contributed by atoms with Gasteiger partial charge >= 0.3 is 5.69 Å². The Morgan fingerprint density at radius 2 is 2.00 bits per heavy atom. The first-order valence-electron chi connectivity index (χ1n) is 2.39. The Labute approximate surface area is 53.9 Å². The van der Waals surface area contributed by atoms with Crippen LogP contribution in [-0.4, -0.2) is 9.97 Å². The molecule has 52 valence electrons. The van der Waals surface area contributed by atoms with Crippen molar-refractivity contribution in [1.82, 2.24) is 9.97 Å². The van der Waals surface area contributed by atoms with Gasteiger partial charge in [0.25, 0.3) is 5.56 Å². The first kappa shape index (κ1) is 6.40. The van der Waals surface area contributed by atoms with Crippen molar-refractivity contribution in [3.63, 3.8) is 0 Å². The highest BCUT2D eigenvalue weighted by Crippen LogP contribution is 1.95. The van der Waals surface area contributed by atoms with Crippen LogP contribution >= 0.6 is 0 Å². The lowest BCUT2D eigenvalue weighted by Crippen LogP contribution is -2.19. The predicted molar refractivity (Wildman–Crippen MR) is 33.1 cm³/mol. The van der Waals surface area contributed by atoms with Gasteiger partial charge in [0.2, 0.25) is 0 Å². The molecule has 6 nitrogen and oxygen atoms in total. The summed E-state index contributed by atoms with van der Waals surface area (Å²) in [6.07, 6.45) is 0. The molecule has 0 bridgehead atoms. The van der Waals surface area contributed by atoms with Crippen molar-refractivity contribution >= 4 is 5.82 Å². The van der Waals surface area contributed by atoms with Crippen LogP contribution in [0.4, 0.5) is 5.82 Å². The summed E-state index contributed by atoms with van der Waals surface area (Å²) in [5, 5.41) is 2.37. The highest BCUT2D eigenvalue weighted by molar-refractivity contribution is 5.21. The van der Waals surface area contributed by atoms with E-state index in [4.69, 9.17) is 0 Å². The highest BCUT2D eigenvalue weighted by atomic mass is 16.3. The van der Waals surface area contributed by atoms with Crippen LogP contribution in [0.1, 0.15) is 0 Å². The van der Waals surface area contributed by atoms with Crippen LogP contribution in [0, 0.1) is 4.91 Å².